The molecule has 3 heterocycles. The van der Waals surface area contributed by atoms with E-state index >= 15 is 0 Å². The molecule has 0 amide bonds. The molecule has 0 fully saturated rings. The zero-order valence-electron chi connectivity index (χ0n) is 9.32. The summed E-state index contributed by atoms with van der Waals surface area (Å²) in [7, 11) is 0. The first-order valence-electron chi connectivity index (χ1n) is 5.51. The number of hydrogen-bond acceptors (Lipinski definition) is 6. The van der Waals surface area contributed by atoms with Crippen molar-refractivity contribution < 1.29 is 0 Å². The van der Waals surface area contributed by atoms with Gasteiger partial charge in [-0.3, -0.25) is 0 Å². The van der Waals surface area contributed by atoms with E-state index in [4.69, 9.17) is 5.73 Å². The first kappa shape index (κ1) is 10.2. The average Bonchev–Trinajstić information content (AvgIpc) is 2.85. The van der Waals surface area contributed by atoms with Crippen molar-refractivity contribution >= 4 is 5.82 Å². The Morgan fingerprint density at radius 3 is 3.06 bits per heavy atom. The van der Waals surface area contributed by atoms with Crippen molar-refractivity contribution in [3.63, 3.8) is 0 Å². The first-order chi connectivity index (χ1) is 8.38. The van der Waals surface area contributed by atoms with Gasteiger partial charge in [0.05, 0.1) is 12.7 Å². The molecule has 0 saturated heterocycles. The number of anilines is 1. The fourth-order valence-electron chi connectivity index (χ4n) is 2.02. The third-order valence-corrected chi connectivity index (χ3v) is 2.94. The second kappa shape index (κ2) is 4.10. The van der Waals surface area contributed by atoms with Gasteiger partial charge in [0.1, 0.15) is 6.33 Å². The standard InChI is InChI=1S/C10H13N7/c11-5-8-1-2-12-15-10(8)16-3-4-17-7-13-14-9(17)6-16/h1-2,7H,3-6,11H2. The number of nitrogens with zero attached hydrogens (tertiary/aromatic N) is 6. The molecule has 7 nitrogen and oxygen atoms in total. The van der Waals surface area contributed by atoms with Gasteiger partial charge in [-0.25, -0.2) is 0 Å². The zero-order chi connectivity index (χ0) is 11.7. The summed E-state index contributed by atoms with van der Waals surface area (Å²) in [5, 5.41) is 16.1. The summed E-state index contributed by atoms with van der Waals surface area (Å²) >= 11 is 0. The van der Waals surface area contributed by atoms with Crippen LogP contribution in [0.25, 0.3) is 0 Å². The molecule has 1 aliphatic heterocycles. The lowest BCUT2D eigenvalue weighted by Gasteiger charge is -2.28. The molecular weight excluding hydrogens is 218 g/mol. The highest BCUT2D eigenvalue weighted by Gasteiger charge is 2.20. The van der Waals surface area contributed by atoms with E-state index in [2.05, 4.69) is 29.9 Å². The van der Waals surface area contributed by atoms with E-state index in [-0.39, 0.29) is 0 Å². The van der Waals surface area contributed by atoms with E-state index < -0.39 is 0 Å². The molecule has 1 aliphatic rings. The summed E-state index contributed by atoms with van der Waals surface area (Å²) in [6, 6.07) is 1.90. The quantitative estimate of drug-likeness (QED) is 0.753. The highest BCUT2D eigenvalue weighted by atomic mass is 15.3. The van der Waals surface area contributed by atoms with Crippen LogP contribution in [0.2, 0.25) is 0 Å². The molecule has 17 heavy (non-hydrogen) atoms. The monoisotopic (exact) mass is 231 g/mol. The van der Waals surface area contributed by atoms with Gasteiger partial charge >= 0.3 is 0 Å². The molecule has 7 heteroatoms. The minimum absolute atomic E-state index is 0.466. The fourth-order valence-corrected chi connectivity index (χ4v) is 2.02. The Hall–Kier alpha value is -2.02. The summed E-state index contributed by atoms with van der Waals surface area (Å²) < 4.78 is 2.05. The molecule has 3 rings (SSSR count). The minimum atomic E-state index is 0.466. The van der Waals surface area contributed by atoms with E-state index in [0.29, 0.717) is 13.1 Å². The Morgan fingerprint density at radius 1 is 1.24 bits per heavy atom. The summed E-state index contributed by atoms with van der Waals surface area (Å²) in [5.74, 6) is 1.80. The van der Waals surface area contributed by atoms with Crippen molar-refractivity contribution in [1.82, 2.24) is 25.0 Å². The van der Waals surface area contributed by atoms with Crippen LogP contribution in [0.5, 0.6) is 0 Å². The number of hydrogen-bond donors (Lipinski definition) is 1. The van der Waals surface area contributed by atoms with Gasteiger partial charge in [0.15, 0.2) is 11.6 Å². The van der Waals surface area contributed by atoms with E-state index in [9.17, 15) is 0 Å². The van der Waals surface area contributed by atoms with Crippen LogP contribution in [0.3, 0.4) is 0 Å². The van der Waals surface area contributed by atoms with Gasteiger partial charge in [-0.15, -0.1) is 15.3 Å². The van der Waals surface area contributed by atoms with Crippen molar-refractivity contribution in [2.45, 2.75) is 19.6 Å². The second-order valence-corrected chi connectivity index (χ2v) is 3.95. The molecule has 0 saturated carbocycles. The van der Waals surface area contributed by atoms with Crippen molar-refractivity contribution in [1.29, 1.82) is 0 Å². The van der Waals surface area contributed by atoms with Gasteiger partial charge in [-0.1, -0.05) is 0 Å². The molecule has 0 aromatic carbocycles. The van der Waals surface area contributed by atoms with Gasteiger partial charge < -0.3 is 15.2 Å². The lowest BCUT2D eigenvalue weighted by atomic mass is 10.2. The van der Waals surface area contributed by atoms with Crippen molar-refractivity contribution in [2.24, 2.45) is 5.73 Å². The van der Waals surface area contributed by atoms with Crippen LogP contribution in [0.4, 0.5) is 5.82 Å². The maximum atomic E-state index is 5.70. The van der Waals surface area contributed by atoms with Crippen LogP contribution in [-0.4, -0.2) is 31.5 Å². The lowest BCUT2D eigenvalue weighted by molar-refractivity contribution is 0.552. The van der Waals surface area contributed by atoms with Crippen LogP contribution in [-0.2, 0) is 19.6 Å². The van der Waals surface area contributed by atoms with E-state index in [1.807, 2.05) is 6.07 Å². The number of rotatable bonds is 2. The van der Waals surface area contributed by atoms with Crippen LogP contribution in [0.15, 0.2) is 18.6 Å². The molecule has 0 radical (unpaired) electrons. The van der Waals surface area contributed by atoms with Crippen LogP contribution in [0.1, 0.15) is 11.4 Å². The topological polar surface area (TPSA) is 85.8 Å². The fraction of sp³-hybridized carbons (Fsp3) is 0.400. The normalized spacial score (nSPS) is 14.8. The molecule has 0 bridgehead atoms. The van der Waals surface area contributed by atoms with Crippen LogP contribution < -0.4 is 10.6 Å². The predicted molar refractivity (Wildman–Crippen MR) is 61.0 cm³/mol. The summed E-state index contributed by atoms with van der Waals surface area (Å²) in [5.41, 5.74) is 6.71. The number of aromatic nitrogens is 5. The largest absolute Gasteiger partial charge is 0.346 e. The van der Waals surface area contributed by atoms with E-state index in [0.717, 1.165) is 30.3 Å². The van der Waals surface area contributed by atoms with Crippen molar-refractivity contribution in [2.75, 3.05) is 11.4 Å². The third-order valence-electron chi connectivity index (χ3n) is 2.94. The lowest BCUT2D eigenvalue weighted by Crippen LogP contribution is -2.35. The van der Waals surface area contributed by atoms with Gasteiger partial charge in [0.25, 0.3) is 0 Å². The maximum absolute atomic E-state index is 5.70. The van der Waals surface area contributed by atoms with Gasteiger partial charge in [0.2, 0.25) is 0 Å². The Balaban J connectivity index is 1.91. The molecule has 2 N–H and O–H groups in total. The smallest absolute Gasteiger partial charge is 0.156 e. The molecule has 88 valence electrons. The van der Waals surface area contributed by atoms with E-state index in [1.54, 1.807) is 12.5 Å². The van der Waals surface area contributed by atoms with Crippen molar-refractivity contribution in [3.8, 4) is 0 Å². The zero-order valence-corrected chi connectivity index (χ0v) is 9.32. The minimum Gasteiger partial charge on any atom is -0.346 e. The second-order valence-electron chi connectivity index (χ2n) is 3.95. The average molecular weight is 231 g/mol. The summed E-state index contributed by atoms with van der Waals surface area (Å²) in [4.78, 5) is 2.14. The Labute approximate surface area is 98.3 Å². The number of fused-ring (bicyclic) bond motifs is 1. The molecule has 0 unspecified atom stereocenters. The van der Waals surface area contributed by atoms with Gasteiger partial charge in [-0.05, 0) is 6.07 Å². The molecule has 0 atom stereocenters. The predicted octanol–water partition coefficient (Wildman–Crippen LogP) is -0.453. The SMILES string of the molecule is NCc1ccnnc1N1CCn2cnnc2C1. The molecule has 0 spiro atoms. The number of nitrogens with two attached hydrogens (primary N) is 1. The Bertz CT molecular complexity index is 521. The Kier molecular flexibility index (Phi) is 2.45. The highest BCUT2D eigenvalue weighted by Crippen LogP contribution is 2.20. The molecule has 0 aliphatic carbocycles. The van der Waals surface area contributed by atoms with Crippen LogP contribution >= 0.6 is 0 Å². The van der Waals surface area contributed by atoms with E-state index in [1.165, 1.54) is 0 Å². The summed E-state index contributed by atoms with van der Waals surface area (Å²) in [6.45, 7) is 2.90. The van der Waals surface area contributed by atoms with Gasteiger partial charge in [-0.2, -0.15) is 5.10 Å². The first-order valence-corrected chi connectivity index (χ1v) is 5.51. The summed E-state index contributed by atoms with van der Waals surface area (Å²) in [6.07, 6.45) is 3.42. The molecule has 2 aromatic heterocycles. The molecular formula is C10H13N7. The maximum Gasteiger partial charge on any atom is 0.156 e. The van der Waals surface area contributed by atoms with Crippen LogP contribution in [0, 0.1) is 0 Å². The highest BCUT2D eigenvalue weighted by molar-refractivity contribution is 5.45. The molecule has 2 aromatic rings. The third kappa shape index (κ3) is 1.74. The van der Waals surface area contributed by atoms with Crippen molar-refractivity contribution in [3.05, 3.63) is 30.0 Å². The Morgan fingerprint density at radius 2 is 2.18 bits per heavy atom. The van der Waals surface area contributed by atoms with Gasteiger partial charge in [0, 0.05) is 25.2 Å².